The third-order valence-electron chi connectivity index (χ3n) is 3.64. The summed E-state index contributed by atoms with van der Waals surface area (Å²) in [7, 11) is 0. The Balaban J connectivity index is 1.78. The summed E-state index contributed by atoms with van der Waals surface area (Å²) in [6.07, 6.45) is 1.25. The number of carbonyl (C=O) groups excluding carboxylic acids is 1. The van der Waals surface area contributed by atoms with E-state index >= 15 is 0 Å². The fraction of sp³-hybridized carbons (Fsp3) is 0.0588. The molecular formula is C17H11BrN2O2. The van der Waals surface area contributed by atoms with Gasteiger partial charge in [-0.3, -0.25) is 4.98 Å². The van der Waals surface area contributed by atoms with E-state index in [4.69, 9.17) is 4.74 Å². The quantitative estimate of drug-likeness (QED) is 0.698. The fourth-order valence-corrected chi connectivity index (χ4v) is 3.14. The molecule has 0 bridgehead atoms. The molecule has 1 aliphatic rings. The summed E-state index contributed by atoms with van der Waals surface area (Å²) in [5.74, 6) is -0.305. The summed E-state index contributed by atoms with van der Waals surface area (Å²) in [6, 6.07) is 15.2. The average Bonchev–Trinajstić information content (AvgIpc) is 2.84. The number of benzene rings is 2. The number of anilines is 1. The summed E-state index contributed by atoms with van der Waals surface area (Å²) in [5, 5.41) is 4.29. The van der Waals surface area contributed by atoms with Crippen LogP contribution in [0.5, 0.6) is 0 Å². The van der Waals surface area contributed by atoms with Crippen LogP contribution in [0, 0.1) is 0 Å². The van der Waals surface area contributed by atoms with Crippen molar-refractivity contribution in [3.63, 3.8) is 0 Å². The number of esters is 1. The number of pyridine rings is 1. The van der Waals surface area contributed by atoms with Crippen molar-refractivity contribution >= 4 is 38.5 Å². The van der Waals surface area contributed by atoms with Crippen LogP contribution in [0.4, 0.5) is 5.69 Å². The van der Waals surface area contributed by atoms with Crippen molar-refractivity contribution < 1.29 is 9.53 Å². The van der Waals surface area contributed by atoms with Gasteiger partial charge in [-0.05, 0) is 24.3 Å². The Morgan fingerprint density at radius 2 is 2.00 bits per heavy atom. The molecule has 4 nitrogen and oxygen atoms in total. The normalized spacial score (nSPS) is 16.4. The number of hydrogen-bond donors (Lipinski definition) is 1. The molecule has 0 unspecified atom stereocenters. The smallest absolute Gasteiger partial charge is 0.340 e. The van der Waals surface area contributed by atoms with E-state index in [1.54, 1.807) is 12.3 Å². The number of aromatic nitrogens is 1. The predicted octanol–water partition coefficient (Wildman–Crippen LogP) is 4.28. The largest absolute Gasteiger partial charge is 0.434 e. The lowest BCUT2D eigenvalue weighted by Crippen LogP contribution is -2.10. The van der Waals surface area contributed by atoms with Crippen LogP contribution in [0.1, 0.15) is 22.1 Å². The van der Waals surface area contributed by atoms with Gasteiger partial charge in [-0.25, -0.2) is 4.79 Å². The van der Waals surface area contributed by atoms with Crippen LogP contribution in [0.25, 0.3) is 10.9 Å². The van der Waals surface area contributed by atoms with Gasteiger partial charge in [0.25, 0.3) is 0 Å². The average molecular weight is 355 g/mol. The standard InChI is InChI=1S/C17H11BrN2O2/c18-11-8-10-4-3-7-19-15(10)14(9-11)20-16-12-5-1-2-6-13(12)17(21)22-16/h1-9,16,20H/t16-/m0/s1. The van der Waals surface area contributed by atoms with Crippen LogP contribution in [0.15, 0.2) is 59.2 Å². The van der Waals surface area contributed by atoms with Gasteiger partial charge in [0.05, 0.1) is 16.8 Å². The van der Waals surface area contributed by atoms with Gasteiger partial charge in [-0.2, -0.15) is 0 Å². The Morgan fingerprint density at radius 3 is 2.91 bits per heavy atom. The van der Waals surface area contributed by atoms with E-state index in [0.29, 0.717) is 5.56 Å². The maximum atomic E-state index is 11.9. The van der Waals surface area contributed by atoms with E-state index in [9.17, 15) is 4.79 Å². The minimum atomic E-state index is -0.497. The first-order chi connectivity index (χ1) is 10.7. The van der Waals surface area contributed by atoms with Crippen LogP contribution in [-0.2, 0) is 4.74 Å². The Labute approximate surface area is 135 Å². The van der Waals surface area contributed by atoms with Crippen LogP contribution < -0.4 is 5.32 Å². The molecule has 2 aromatic carbocycles. The molecule has 1 atom stereocenters. The minimum Gasteiger partial charge on any atom is -0.434 e. The van der Waals surface area contributed by atoms with Crippen LogP contribution in [0.2, 0.25) is 0 Å². The summed E-state index contributed by atoms with van der Waals surface area (Å²) in [4.78, 5) is 16.3. The number of carbonyl (C=O) groups is 1. The lowest BCUT2D eigenvalue weighted by Gasteiger charge is -2.16. The van der Waals surface area contributed by atoms with E-state index < -0.39 is 6.23 Å². The monoisotopic (exact) mass is 354 g/mol. The molecule has 0 fully saturated rings. The number of rotatable bonds is 2. The first-order valence-corrected chi connectivity index (χ1v) is 7.62. The highest BCUT2D eigenvalue weighted by Crippen LogP contribution is 2.34. The molecule has 0 saturated heterocycles. The topological polar surface area (TPSA) is 51.2 Å². The molecule has 1 aliphatic heterocycles. The highest BCUT2D eigenvalue weighted by Gasteiger charge is 2.30. The highest BCUT2D eigenvalue weighted by atomic mass is 79.9. The van der Waals surface area contributed by atoms with Gasteiger partial charge in [0, 0.05) is 21.6 Å². The van der Waals surface area contributed by atoms with Crippen LogP contribution >= 0.6 is 15.9 Å². The molecule has 0 radical (unpaired) electrons. The SMILES string of the molecule is O=C1O[C@H](Nc2cc(Br)cc3cccnc23)c2ccccc21. The minimum absolute atomic E-state index is 0.305. The van der Waals surface area contributed by atoms with Gasteiger partial charge in [0.2, 0.25) is 6.23 Å². The molecule has 2 heterocycles. The first-order valence-electron chi connectivity index (χ1n) is 6.83. The second kappa shape index (κ2) is 5.10. The molecule has 0 saturated carbocycles. The summed E-state index contributed by atoms with van der Waals surface area (Å²) < 4.78 is 6.37. The molecule has 0 aliphatic carbocycles. The van der Waals surface area contributed by atoms with E-state index in [0.717, 1.165) is 26.6 Å². The Kier molecular flexibility index (Phi) is 3.08. The van der Waals surface area contributed by atoms with Crippen molar-refractivity contribution in [2.75, 3.05) is 5.32 Å². The van der Waals surface area contributed by atoms with E-state index in [1.165, 1.54) is 0 Å². The van der Waals surface area contributed by atoms with Gasteiger partial charge >= 0.3 is 5.97 Å². The molecule has 3 aromatic rings. The van der Waals surface area contributed by atoms with E-state index in [1.807, 2.05) is 42.5 Å². The predicted molar refractivity (Wildman–Crippen MR) is 87.7 cm³/mol. The Bertz CT molecular complexity index is 895. The third-order valence-corrected chi connectivity index (χ3v) is 4.10. The summed E-state index contributed by atoms with van der Waals surface area (Å²) in [5.41, 5.74) is 3.11. The number of hydrogen-bond acceptors (Lipinski definition) is 4. The zero-order chi connectivity index (χ0) is 15.1. The molecule has 0 amide bonds. The zero-order valence-corrected chi connectivity index (χ0v) is 13.0. The van der Waals surface area contributed by atoms with Crippen molar-refractivity contribution in [3.8, 4) is 0 Å². The van der Waals surface area contributed by atoms with E-state index in [-0.39, 0.29) is 5.97 Å². The van der Waals surface area contributed by atoms with Crippen molar-refractivity contribution in [1.82, 2.24) is 4.98 Å². The second-order valence-electron chi connectivity index (χ2n) is 5.05. The number of halogens is 1. The highest BCUT2D eigenvalue weighted by molar-refractivity contribution is 9.10. The third kappa shape index (κ3) is 2.14. The molecule has 0 spiro atoms. The van der Waals surface area contributed by atoms with Gasteiger partial charge in [0.15, 0.2) is 0 Å². The van der Waals surface area contributed by atoms with Crippen LogP contribution in [0.3, 0.4) is 0 Å². The van der Waals surface area contributed by atoms with Crippen molar-refractivity contribution in [2.24, 2.45) is 0 Å². The van der Waals surface area contributed by atoms with Gasteiger partial charge in [-0.1, -0.05) is 40.2 Å². The van der Waals surface area contributed by atoms with Gasteiger partial charge in [0.1, 0.15) is 0 Å². The molecule has 1 aromatic heterocycles. The zero-order valence-electron chi connectivity index (χ0n) is 11.4. The number of cyclic esters (lactones) is 1. The second-order valence-corrected chi connectivity index (χ2v) is 5.96. The van der Waals surface area contributed by atoms with Crippen LogP contribution in [-0.4, -0.2) is 11.0 Å². The Hall–Kier alpha value is -2.40. The number of nitrogens with one attached hydrogen (secondary N) is 1. The molecule has 5 heteroatoms. The lowest BCUT2D eigenvalue weighted by molar-refractivity contribution is 0.0437. The fourth-order valence-electron chi connectivity index (χ4n) is 2.66. The summed E-state index contributed by atoms with van der Waals surface area (Å²) in [6.45, 7) is 0. The van der Waals surface area contributed by atoms with E-state index in [2.05, 4.69) is 26.2 Å². The molecule has 1 N–H and O–H groups in total. The summed E-state index contributed by atoms with van der Waals surface area (Å²) >= 11 is 3.50. The maximum absolute atomic E-state index is 11.9. The molecule has 22 heavy (non-hydrogen) atoms. The molecular weight excluding hydrogens is 344 g/mol. The van der Waals surface area contributed by atoms with Gasteiger partial charge < -0.3 is 10.1 Å². The maximum Gasteiger partial charge on any atom is 0.340 e. The number of nitrogens with zero attached hydrogens (tertiary/aromatic N) is 1. The Morgan fingerprint density at radius 1 is 1.14 bits per heavy atom. The van der Waals surface area contributed by atoms with Crippen molar-refractivity contribution in [3.05, 3.63) is 70.3 Å². The molecule has 108 valence electrons. The number of ether oxygens (including phenoxy) is 1. The lowest BCUT2D eigenvalue weighted by atomic mass is 10.1. The number of fused-ring (bicyclic) bond motifs is 2. The first kappa shape index (κ1) is 13.3. The van der Waals surface area contributed by atoms with Crippen molar-refractivity contribution in [2.45, 2.75) is 6.23 Å². The van der Waals surface area contributed by atoms with Gasteiger partial charge in [-0.15, -0.1) is 0 Å². The molecule has 4 rings (SSSR count). The van der Waals surface area contributed by atoms with Crippen molar-refractivity contribution in [1.29, 1.82) is 0 Å².